The van der Waals surface area contributed by atoms with Crippen LogP contribution < -0.4 is 51.5 Å². The number of ether oxygens (including phenoxy) is 2. The molecule has 0 radical (unpaired) electrons. The van der Waals surface area contributed by atoms with Crippen LogP contribution in [0.25, 0.3) is 0 Å². The van der Waals surface area contributed by atoms with Gasteiger partial charge in [0.25, 0.3) is 0 Å². The second kappa shape index (κ2) is 29.5. The first kappa shape index (κ1) is 70.7. The van der Waals surface area contributed by atoms with Gasteiger partial charge in [-0.15, -0.1) is 0 Å². The van der Waals surface area contributed by atoms with E-state index >= 15 is 0 Å². The van der Waals surface area contributed by atoms with Crippen molar-refractivity contribution in [1.29, 1.82) is 0 Å². The third-order valence-corrected chi connectivity index (χ3v) is 17.5. The van der Waals surface area contributed by atoms with Gasteiger partial charge >= 0.3 is 11.9 Å². The molecule has 2 aromatic heterocycles. The number of nitrogens with one attached hydrogen (secondary N) is 6. The summed E-state index contributed by atoms with van der Waals surface area (Å²) >= 11 is 0. The second-order valence-electron chi connectivity index (χ2n) is 31.3. The van der Waals surface area contributed by atoms with Gasteiger partial charge in [0, 0.05) is 94.7 Å². The van der Waals surface area contributed by atoms with Crippen molar-refractivity contribution < 1.29 is 19.1 Å². The second-order valence-corrected chi connectivity index (χ2v) is 31.3. The summed E-state index contributed by atoms with van der Waals surface area (Å²) in [4.78, 5) is 67.7. The summed E-state index contributed by atoms with van der Waals surface area (Å²) in [7, 11) is 0. The lowest BCUT2D eigenvalue weighted by Crippen LogP contribution is -2.63. The quantitative estimate of drug-likeness (QED) is 0.0306. The molecular weight excluding hydrogens is 1080 g/mol. The van der Waals surface area contributed by atoms with Crippen LogP contribution in [0.15, 0.2) is 0 Å². The van der Waals surface area contributed by atoms with Crippen molar-refractivity contribution >= 4 is 47.6 Å². The fourth-order valence-electron chi connectivity index (χ4n) is 15.4. The van der Waals surface area contributed by atoms with Crippen molar-refractivity contribution in [2.75, 3.05) is 82.7 Å². The molecule has 2 aromatic rings. The molecule has 0 atom stereocenters. The standard InChI is InChI=1S/C66H122N16O4/c1-21-25-33-79(47-39-59(5,6)75-60(7,8)40-47)55-69-53(70-56(73-55)80(34-26-22-2)48-41-61(9,10)76-62(11,12)42-48)67-31-37-85-51(83)29-30-52(84)86-38-32-68-54-71-57(81(35-27-23-3)49-43-63(13,14)77-64(15,16)44-49)74-58(72-54)82(36-28-24-4)50-45-65(17,18)78-66(19,20)46-50/h47-50,75-78H,21-46H2,1-20H3,(H,67,69,70,73)(H,68,71,72,74). The van der Waals surface area contributed by atoms with E-state index < -0.39 is 11.9 Å². The van der Waals surface area contributed by atoms with Gasteiger partial charge in [0.15, 0.2) is 0 Å². The first-order valence-electron chi connectivity index (χ1n) is 33.6. The number of carbonyl (C=O) groups excluding carboxylic acids is 2. The number of aromatic nitrogens is 6. The van der Waals surface area contributed by atoms with Crippen LogP contribution in [-0.2, 0) is 19.1 Å². The van der Waals surface area contributed by atoms with E-state index in [4.69, 9.17) is 39.4 Å². The van der Waals surface area contributed by atoms with E-state index in [2.05, 4.69) is 190 Å². The first-order chi connectivity index (χ1) is 40.1. The monoisotopic (exact) mass is 1200 g/mol. The molecule has 20 heteroatoms. The summed E-state index contributed by atoms with van der Waals surface area (Å²) in [6.07, 6.45) is 15.6. The van der Waals surface area contributed by atoms with Crippen LogP contribution in [0.4, 0.5) is 35.7 Å². The molecule has 6 N–H and O–H groups in total. The van der Waals surface area contributed by atoms with Crippen LogP contribution in [0, 0.1) is 0 Å². The zero-order valence-corrected chi connectivity index (χ0v) is 57.8. The maximum absolute atomic E-state index is 13.2. The SMILES string of the molecule is CCCCN(c1nc(NCCOC(=O)CCC(=O)OCCNc2nc(N(CCCC)C3CC(C)(C)NC(C)(C)C3)nc(N(CCCC)C3CC(C)(C)NC(C)(C)C3)n2)nc(N(CCCC)C2CC(C)(C)NC(C)(C)C2)n1)C1CC(C)(C)NC(C)(C)C1. The van der Waals surface area contributed by atoms with Crippen molar-refractivity contribution in [3.8, 4) is 0 Å². The molecule has 86 heavy (non-hydrogen) atoms. The van der Waals surface area contributed by atoms with E-state index in [9.17, 15) is 9.59 Å². The lowest BCUT2D eigenvalue weighted by Gasteiger charge is -2.50. The Bertz CT molecular complexity index is 2110. The van der Waals surface area contributed by atoms with Crippen molar-refractivity contribution in [1.82, 2.24) is 51.2 Å². The number of hydrogen-bond donors (Lipinski definition) is 6. The fraction of sp³-hybridized carbons (Fsp3) is 0.879. The zero-order chi connectivity index (χ0) is 63.5. The molecule has 0 aromatic carbocycles. The molecule has 20 nitrogen and oxygen atoms in total. The molecule has 6 heterocycles. The Morgan fingerprint density at radius 3 is 0.791 bits per heavy atom. The minimum Gasteiger partial charge on any atom is -0.464 e. The van der Waals surface area contributed by atoms with Gasteiger partial charge in [-0.1, -0.05) is 53.4 Å². The highest BCUT2D eigenvalue weighted by atomic mass is 16.5. The summed E-state index contributed by atoms with van der Waals surface area (Å²) < 4.78 is 11.4. The van der Waals surface area contributed by atoms with Gasteiger partial charge in [-0.3, -0.25) is 9.59 Å². The number of piperidine rings is 4. The molecule has 0 bridgehead atoms. The van der Waals surface area contributed by atoms with Gasteiger partial charge in [-0.2, -0.15) is 29.9 Å². The van der Waals surface area contributed by atoms with Crippen LogP contribution in [-0.4, -0.2) is 163 Å². The van der Waals surface area contributed by atoms with E-state index in [-0.39, 0.29) is 108 Å². The average molecular weight is 1200 g/mol. The third-order valence-electron chi connectivity index (χ3n) is 17.5. The minimum absolute atomic E-state index is 0.0720. The maximum atomic E-state index is 13.2. The van der Waals surface area contributed by atoms with Crippen molar-refractivity contribution in [3.05, 3.63) is 0 Å². The summed E-state index contributed by atoms with van der Waals surface area (Å²) in [5.74, 6) is 2.67. The number of rotatable bonds is 31. The van der Waals surface area contributed by atoms with Crippen LogP contribution in [0.1, 0.15) is 254 Å². The molecule has 490 valence electrons. The van der Waals surface area contributed by atoms with Crippen molar-refractivity contribution in [2.45, 2.75) is 323 Å². The van der Waals surface area contributed by atoms with E-state index in [0.29, 0.717) is 35.7 Å². The summed E-state index contributed by atoms with van der Waals surface area (Å²) in [6, 6.07) is 0.857. The number of carbonyl (C=O) groups is 2. The highest BCUT2D eigenvalue weighted by Gasteiger charge is 2.45. The van der Waals surface area contributed by atoms with Gasteiger partial charge in [0.2, 0.25) is 35.7 Å². The zero-order valence-electron chi connectivity index (χ0n) is 57.8. The lowest BCUT2D eigenvalue weighted by atomic mass is 9.79. The molecule has 0 spiro atoms. The number of esters is 2. The normalized spacial score (nSPS) is 21.5. The Kier molecular flexibility index (Phi) is 24.2. The first-order valence-corrected chi connectivity index (χ1v) is 33.6. The minimum atomic E-state index is -0.478. The lowest BCUT2D eigenvalue weighted by molar-refractivity contribution is -0.149. The number of anilines is 6. The molecule has 4 saturated heterocycles. The highest BCUT2D eigenvalue weighted by Crippen LogP contribution is 2.39. The van der Waals surface area contributed by atoms with Crippen LogP contribution >= 0.6 is 0 Å². The van der Waals surface area contributed by atoms with Gasteiger partial charge in [0.05, 0.1) is 25.9 Å². The van der Waals surface area contributed by atoms with Gasteiger partial charge in [-0.05, 0) is 188 Å². The van der Waals surface area contributed by atoms with Crippen LogP contribution in [0.3, 0.4) is 0 Å². The van der Waals surface area contributed by atoms with Gasteiger partial charge < -0.3 is 61.0 Å². The van der Waals surface area contributed by atoms with Crippen molar-refractivity contribution in [3.63, 3.8) is 0 Å². The van der Waals surface area contributed by atoms with E-state index in [0.717, 1.165) is 129 Å². The molecule has 0 unspecified atom stereocenters. The van der Waals surface area contributed by atoms with Gasteiger partial charge in [-0.25, -0.2) is 0 Å². The van der Waals surface area contributed by atoms with E-state index in [1.807, 2.05) is 0 Å². The van der Waals surface area contributed by atoms with Crippen molar-refractivity contribution in [2.24, 2.45) is 0 Å². The van der Waals surface area contributed by atoms with Crippen LogP contribution in [0.2, 0.25) is 0 Å². The molecule has 0 aliphatic carbocycles. The summed E-state index contributed by atoms with van der Waals surface area (Å²) in [5, 5.41) is 22.4. The predicted octanol–water partition coefficient (Wildman–Crippen LogP) is 11.1. The largest absolute Gasteiger partial charge is 0.464 e. The molecule has 0 amide bonds. The number of hydrogen-bond acceptors (Lipinski definition) is 20. The number of unbranched alkanes of at least 4 members (excludes halogenated alkanes) is 4. The molecule has 4 fully saturated rings. The summed E-state index contributed by atoms with van der Waals surface area (Å²) in [6.45, 7) is 49.6. The average Bonchev–Trinajstić information content (AvgIpc) is 1.19. The van der Waals surface area contributed by atoms with E-state index in [1.165, 1.54) is 0 Å². The maximum Gasteiger partial charge on any atom is 0.306 e. The Hall–Kier alpha value is -4.40. The Morgan fingerprint density at radius 1 is 0.384 bits per heavy atom. The Labute approximate surface area is 521 Å². The predicted molar refractivity (Wildman–Crippen MR) is 354 cm³/mol. The fourth-order valence-corrected chi connectivity index (χ4v) is 15.4. The highest BCUT2D eigenvalue weighted by molar-refractivity contribution is 5.77. The van der Waals surface area contributed by atoms with Crippen LogP contribution in [0.5, 0.6) is 0 Å². The smallest absolute Gasteiger partial charge is 0.306 e. The molecule has 6 rings (SSSR count). The molecule has 4 aliphatic heterocycles. The van der Waals surface area contributed by atoms with E-state index in [1.54, 1.807) is 0 Å². The number of nitrogens with zero attached hydrogens (tertiary/aromatic N) is 10. The third kappa shape index (κ3) is 21.7. The van der Waals surface area contributed by atoms with Gasteiger partial charge in [0.1, 0.15) is 13.2 Å². The molecular formula is C66H122N16O4. The Morgan fingerprint density at radius 2 is 0.593 bits per heavy atom. The summed E-state index contributed by atoms with van der Waals surface area (Å²) in [5.41, 5.74) is -0.593. The molecule has 4 aliphatic rings. The topological polar surface area (TPSA) is 215 Å². The molecule has 0 saturated carbocycles. The Balaban J connectivity index is 1.13.